The van der Waals surface area contributed by atoms with E-state index in [1.165, 1.54) is 41.5 Å². The summed E-state index contributed by atoms with van der Waals surface area (Å²) in [5.74, 6) is 0. The van der Waals surface area contributed by atoms with Crippen LogP contribution in [0, 0.1) is 0 Å². The van der Waals surface area contributed by atoms with Crippen LogP contribution < -0.4 is 0 Å². The SMILES string of the molecule is CC(OS(=O)(=O)C(C)C)C(C)OS(=O)(=O)C(C)C. The van der Waals surface area contributed by atoms with Crippen molar-refractivity contribution in [1.29, 1.82) is 0 Å². The summed E-state index contributed by atoms with van der Waals surface area (Å²) < 4.78 is 55.8. The van der Waals surface area contributed by atoms with E-state index in [9.17, 15) is 16.8 Å². The van der Waals surface area contributed by atoms with Crippen molar-refractivity contribution in [2.75, 3.05) is 0 Å². The van der Waals surface area contributed by atoms with Crippen LogP contribution in [0.4, 0.5) is 0 Å². The molecule has 110 valence electrons. The Labute approximate surface area is 110 Å². The van der Waals surface area contributed by atoms with Gasteiger partial charge in [-0.1, -0.05) is 0 Å². The maximum absolute atomic E-state index is 11.5. The molecule has 0 aromatic rings. The van der Waals surface area contributed by atoms with Gasteiger partial charge < -0.3 is 0 Å². The lowest BCUT2D eigenvalue weighted by Gasteiger charge is -2.22. The van der Waals surface area contributed by atoms with Crippen LogP contribution >= 0.6 is 0 Å². The molecule has 0 amide bonds. The maximum Gasteiger partial charge on any atom is 0.270 e. The second-order valence-electron chi connectivity index (χ2n) is 4.69. The molecular formula is C10H22O6S2. The van der Waals surface area contributed by atoms with Crippen LogP contribution in [0.3, 0.4) is 0 Å². The Hall–Kier alpha value is -0.180. The van der Waals surface area contributed by atoms with E-state index in [-0.39, 0.29) is 0 Å². The third kappa shape index (κ3) is 5.21. The van der Waals surface area contributed by atoms with E-state index >= 15 is 0 Å². The molecule has 0 saturated carbocycles. The molecule has 0 aliphatic heterocycles. The highest BCUT2D eigenvalue weighted by Gasteiger charge is 2.28. The summed E-state index contributed by atoms with van der Waals surface area (Å²) in [5.41, 5.74) is 0. The van der Waals surface area contributed by atoms with Crippen LogP contribution in [-0.4, -0.2) is 39.5 Å². The second-order valence-corrected chi connectivity index (χ2v) is 8.93. The Morgan fingerprint density at radius 1 is 0.611 bits per heavy atom. The zero-order valence-corrected chi connectivity index (χ0v) is 13.2. The predicted molar refractivity (Wildman–Crippen MR) is 69.2 cm³/mol. The van der Waals surface area contributed by atoms with Gasteiger partial charge in [0.05, 0.1) is 10.5 Å². The summed E-state index contributed by atoms with van der Waals surface area (Å²) in [6, 6.07) is 0. The molecule has 0 aliphatic carbocycles. The molecule has 0 aromatic carbocycles. The lowest BCUT2D eigenvalue weighted by Crippen LogP contribution is -2.34. The average molecular weight is 302 g/mol. The van der Waals surface area contributed by atoms with Crippen molar-refractivity contribution in [2.24, 2.45) is 0 Å². The van der Waals surface area contributed by atoms with Gasteiger partial charge in [-0.15, -0.1) is 0 Å². The lowest BCUT2D eigenvalue weighted by atomic mass is 10.3. The highest BCUT2D eigenvalue weighted by atomic mass is 32.2. The fourth-order valence-electron chi connectivity index (χ4n) is 0.802. The minimum Gasteiger partial charge on any atom is -0.264 e. The quantitative estimate of drug-likeness (QED) is 0.658. The molecule has 2 unspecified atom stereocenters. The summed E-state index contributed by atoms with van der Waals surface area (Å²) in [6.07, 6.45) is -1.74. The van der Waals surface area contributed by atoms with E-state index in [1.807, 2.05) is 0 Å². The van der Waals surface area contributed by atoms with Crippen molar-refractivity contribution < 1.29 is 25.2 Å². The van der Waals surface area contributed by atoms with Gasteiger partial charge >= 0.3 is 0 Å². The smallest absolute Gasteiger partial charge is 0.264 e. The molecule has 0 aromatic heterocycles. The normalized spacial score (nSPS) is 17.1. The van der Waals surface area contributed by atoms with E-state index in [0.717, 1.165) is 0 Å². The molecule has 6 nitrogen and oxygen atoms in total. The van der Waals surface area contributed by atoms with Crippen molar-refractivity contribution >= 4 is 20.2 Å². The monoisotopic (exact) mass is 302 g/mol. The fraction of sp³-hybridized carbons (Fsp3) is 1.00. The van der Waals surface area contributed by atoms with Gasteiger partial charge in [-0.05, 0) is 41.5 Å². The van der Waals surface area contributed by atoms with Crippen molar-refractivity contribution in [3.05, 3.63) is 0 Å². The van der Waals surface area contributed by atoms with Gasteiger partial charge in [0.1, 0.15) is 12.2 Å². The number of hydrogen-bond acceptors (Lipinski definition) is 6. The second kappa shape index (κ2) is 6.31. The third-order valence-corrected chi connectivity index (χ3v) is 5.84. The molecular weight excluding hydrogens is 280 g/mol. The van der Waals surface area contributed by atoms with Crippen LogP contribution in [0.5, 0.6) is 0 Å². The first-order chi connectivity index (χ1) is 7.90. The molecule has 0 heterocycles. The van der Waals surface area contributed by atoms with Crippen molar-refractivity contribution in [3.8, 4) is 0 Å². The Kier molecular flexibility index (Phi) is 6.25. The van der Waals surface area contributed by atoms with Gasteiger partial charge in [0.25, 0.3) is 20.2 Å². The van der Waals surface area contributed by atoms with E-state index < -0.39 is 42.9 Å². The predicted octanol–water partition coefficient (Wildman–Crippen LogP) is 1.27. The molecule has 0 N–H and O–H groups in total. The van der Waals surface area contributed by atoms with Crippen molar-refractivity contribution in [3.63, 3.8) is 0 Å². The third-order valence-electron chi connectivity index (χ3n) is 2.39. The summed E-state index contributed by atoms with van der Waals surface area (Å²) in [6.45, 7) is 8.86. The van der Waals surface area contributed by atoms with Gasteiger partial charge in [-0.3, -0.25) is 8.37 Å². The highest BCUT2D eigenvalue weighted by molar-refractivity contribution is 7.87. The molecule has 0 saturated heterocycles. The van der Waals surface area contributed by atoms with Gasteiger partial charge in [0.15, 0.2) is 0 Å². The fourth-order valence-corrected chi connectivity index (χ4v) is 2.41. The molecule has 0 rings (SSSR count). The minimum atomic E-state index is -3.69. The molecule has 8 heteroatoms. The molecule has 0 fully saturated rings. The van der Waals surface area contributed by atoms with E-state index in [4.69, 9.17) is 8.37 Å². The first-order valence-corrected chi connectivity index (χ1v) is 8.68. The van der Waals surface area contributed by atoms with Crippen molar-refractivity contribution in [1.82, 2.24) is 0 Å². The van der Waals surface area contributed by atoms with Crippen LogP contribution in [-0.2, 0) is 28.6 Å². The van der Waals surface area contributed by atoms with Crippen LogP contribution in [0.25, 0.3) is 0 Å². The number of rotatable bonds is 7. The van der Waals surface area contributed by atoms with Gasteiger partial charge in [0, 0.05) is 0 Å². The molecule has 0 bridgehead atoms. The minimum absolute atomic E-state index is 0.686. The van der Waals surface area contributed by atoms with Gasteiger partial charge in [-0.25, -0.2) is 0 Å². The first-order valence-electron chi connectivity index (χ1n) is 5.74. The summed E-state index contributed by atoms with van der Waals surface area (Å²) in [5, 5.41) is -1.37. The Morgan fingerprint density at radius 2 is 0.833 bits per heavy atom. The van der Waals surface area contributed by atoms with Crippen LogP contribution in [0.2, 0.25) is 0 Å². The van der Waals surface area contributed by atoms with E-state index in [1.54, 1.807) is 0 Å². The summed E-state index contributed by atoms with van der Waals surface area (Å²) in [4.78, 5) is 0. The Balaban J connectivity index is 4.70. The lowest BCUT2D eigenvalue weighted by molar-refractivity contribution is 0.0855. The standard InChI is InChI=1S/C10H22O6S2/c1-7(2)17(11,12)15-9(5)10(6)16-18(13,14)8(3)4/h7-10H,1-6H3. The molecule has 2 atom stereocenters. The zero-order chi connectivity index (χ0) is 14.7. The molecule has 0 radical (unpaired) electrons. The van der Waals surface area contributed by atoms with Crippen LogP contribution in [0.1, 0.15) is 41.5 Å². The summed E-state index contributed by atoms with van der Waals surface area (Å²) >= 11 is 0. The molecule has 0 spiro atoms. The van der Waals surface area contributed by atoms with Crippen molar-refractivity contribution in [2.45, 2.75) is 64.3 Å². The van der Waals surface area contributed by atoms with E-state index in [2.05, 4.69) is 0 Å². The topological polar surface area (TPSA) is 86.7 Å². The average Bonchev–Trinajstić information content (AvgIpc) is 2.15. The highest BCUT2D eigenvalue weighted by Crippen LogP contribution is 2.15. The van der Waals surface area contributed by atoms with Gasteiger partial charge in [0.2, 0.25) is 0 Å². The van der Waals surface area contributed by atoms with Gasteiger partial charge in [-0.2, -0.15) is 16.8 Å². The summed E-state index contributed by atoms with van der Waals surface area (Å²) in [7, 11) is -7.39. The first kappa shape index (κ1) is 17.8. The molecule has 0 aliphatic rings. The number of hydrogen-bond donors (Lipinski definition) is 0. The van der Waals surface area contributed by atoms with E-state index in [0.29, 0.717) is 0 Å². The zero-order valence-electron chi connectivity index (χ0n) is 11.6. The maximum atomic E-state index is 11.5. The largest absolute Gasteiger partial charge is 0.270 e. The molecule has 18 heavy (non-hydrogen) atoms. The Bertz CT molecular complexity index is 405. The van der Waals surface area contributed by atoms with Crippen LogP contribution in [0.15, 0.2) is 0 Å². The Morgan fingerprint density at radius 3 is 1.00 bits per heavy atom.